The molecule has 1 aliphatic rings. The maximum Gasteiger partial charge on any atom is 0.410 e. The molecular formula is C36H39N5O3. The van der Waals surface area contributed by atoms with Crippen LogP contribution in [0.5, 0.6) is 5.88 Å². The van der Waals surface area contributed by atoms with Gasteiger partial charge in [0.25, 0.3) is 0 Å². The first-order valence-corrected chi connectivity index (χ1v) is 15.2. The monoisotopic (exact) mass is 589 g/mol. The minimum atomic E-state index is -0.488. The second kappa shape index (κ2) is 12.4. The van der Waals surface area contributed by atoms with E-state index >= 15 is 0 Å². The van der Waals surface area contributed by atoms with Crippen LogP contribution in [0.1, 0.15) is 50.8 Å². The van der Waals surface area contributed by atoms with Crippen LogP contribution < -0.4 is 10.1 Å². The van der Waals surface area contributed by atoms with Crippen molar-refractivity contribution in [3.8, 4) is 17.1 Å². The highest BCUT2D eigenvalue weighted by Crippen LogP contribution is 2.37. The van der Waals surface area contributed by atoms with E-state index in [-0.39, 0.29) is 18.2 Å². The van der Waals surface area contributed by atoms with Crippen molar-refractivity contribution in [3.05, 3.63) is 108 Å². The molecular weight excluding hydrogens is 550 g/mol. The molecule has 0 aliphatic carbocycles. The number of aromatic nitrogens is 3. The number of rotatable bonds is 7. The van der Waals surface area contributed by atoms with Crippen molar-refractivity contribution in [1.82, 2.24) is 19.7 Å². The second-order valence-corrected chi connectivity index (χ2v) is 12.3. The zero-order chi connectivity index (χ0) is 30.7. The Morgan fingerprint density at radius 1 is 0.909 bits per heavy atom. The van der Waals surface area contributed by atoms with Crippen LogP contribution in [0.25, 0.3) is 22.2 Å². The molecule has 1 fully saturated rings. The van der Waals surface area contributed by atoms with E-state index in [1.165, 1.54) is 0 Å². The second-order valence-electron chi connectivity index (χ2n) is 12.3. The molecule has 5 aromatic rings. The van der Waals surface area contributed by atoms with Gasteiger partial charge in [-0.25, -0.2) is 9.78 Å². The number of benzene rings is 3. The Bertz CT molecular complexity index is 1680. The molecule has 2 aromatic heterocycles. The van der Waals surface area contributed by atoms with E-state index in [1.54, 1.807) is 11.1 Å². The van der Waals surface area contributed by atoms with Crippen LogP contribution in [0.2, 0.25) is 0 Å². The smallest absolute Gasteiger partial charge is 0.410 e. The first kappa shape index (κ1) is 29.2. The Labute approximate surface area is 258 Å². The molecule has 3 aromatic carbocycles. The molecule has 0 unspecified atom stereocenters. The van der Waals surface area contributed by atoms with Gasteiger partial charge in [-0.2, -0.15) is 5.10 Å². The van der Waals surface area contributed by atoms with Gasteiger partial charge in [-0.15, -0.1) is 0 Å². The summed E-state index contributed by atoms with van der Waals surface area (Å²) in [7, 11) is 1.96. The fourth-order valence-electron chi connectivity index (χ4n) is 5.68. The summed E-state index contributed by atoms with van der Waals surface area (Å²) in [6, 6.07) is 31.0. The summed E-state index contributed by atoms with van der Waals surface area (Å²) < 4.78 is 14.2. The van der Waals surface area contributed by atoms with Crippen molar-refractivity contribution in [2.75, 3.05) is 18.4 Å². The van der Waals surface area contributed by atoms with E-state index in [4.69, 9.17) is 14.6 Å². The number of likely N-dealkylation sites (tertiary alicyclic amines) is 1. The highest BCUT2D eigenvalue weighted by molar-refractivity contribution is 5.96. The Hall–Kier alpha value is -4.85. The van der Waals surface area contributed by atoms with Crippen molar-refractivity contribution in [2.45, 2.75) is 51.4 Å². The van der Waals surface area contributed by atoms with Crippen LogP contribution in [0, 0.1) is 0 Å². The summed E-state index contributed by atoms with van der Waals surface area (Å²) in [5, 5.41) is 9.62. The van der Waals surface area contributed by atoms with Gasteiger partial charge in [0.15, 0.2) is 6.10 Å². The van der Waals surface area contributed by atoms with Crippen molar-refractivity contribution >= 4 is 22.7 Å². The molecule has 3 heterocycles. The average molecular weight is 590 g/mol. The third-order valence-electron chi connectivity index (χ3n) is 7.83. The lowest BCUT2D eigenvalue weighted by Crippen LogP contribution is -2.44. The number of anilines is 1. The van der Waals surface area contributed by atoms with Crippen LogP contribution in [0.15, 0.2) is 97.2 Å². The molecule has 0 radical (unpaired) electrons. The van der Waals surface area contributed by atoms with Gasteiger partial charge in [0.2, 0.25) is 5.88 Å². The van der Waals surface area contributed by atoms with E-state index in [0.29, 0.717) is 19.0 Å². The van der Waals surface area contributed by atoms with E-state index in [2.05, 4.69) is 52.8 Å². The number of pyridine rings is 1. The Balaban J connectivity index is 1.22. The largest absolute Gasteiger partial charge is 0.464 e. The van der Waals surface area contributed by atoms with Crippen LogP contribution in [0.3, 0.4) is 0 Å². The Morgan fingerprint density at radius 3 is 2.20 bits per heavy atom. The zero-order valence-corrected chi connectivity index (χ0v) is 25.7. The molecule has 0 atom stereocenters. The maximum atomic E-state index is 12.5. The summed E-state index contributed by atoms with van der Waals surface area (Å²) in [5.74, 6) is 0.532. The summed E-state index contributed by atoms with van der Waals surface area (Å²) in [5.41, 5.74) is 5.31. The number of nitrogens with one attached hydrogen (secondary N) is 1. The molecule has 0 spiro atoms. The molecule has 0 saturated carbocycles. The van der Waals surface area contributed by atoms with Crippen molar-refractivity contribution < 1.29 is 14.3 Å². The van der Waals surface area contributed by atoms with E-state index in [1.807, 2.05) is 81.0 Å². The molecule has 1 aliphatic heterocycles. The van der Waals surface area contributed by atoms with Gasteiger partial charge >= 0.3 is 6.09 Å². The maximum absolute atomic E-state index is 12.5. The fourth-order valence-corrected chi connectivity index (χ4v) is 5.68. The van der Waals surface area contributed by atoms with Crippen molar-refractivity contribution in [1.29, 1.82) is 0 Å². The highest BCUT2D eigenvalue weighted by Gasteiger charge is 2.27. The normalized spacial score (nSPS) is 14.2. The Kier molecular flexibility index (Phi) is 8.24. The van der Waals surface area contributed by atoms with E-state index in [9.17, 15) is 4.79 Å². The molecule has 1 N–H and O–H groups in total. The minimum absolute atomic E-state index is 0.239. The van der Waals surface area contributed by atoms with Gasteiger partial charge in [-0.3, -0.25) is 4.68 Å². The summed E-state index contributed by atoms with van der Waals surface area (Å²) in [6.07, 6.45) is 2.91. The summed E-state index contributed by atoms with van der Waals surface area (Å²) >= 11 is 0. The topological polar surface area (TPSA) is 81.5 Å². The number of ether oxygens (including phenoxy) is 2. The first-order chi connectivity index (χ1) is 21.2. The number of hydrogen-bond acceptors (Lipinski definition) is 6. The third kappa shape index (κ3) is 6.54. The van der Waals surface area contributed by atoms with Crippen LogP contribution in [-0.4, -0.2) is 50.5 Å². The van der Waals surface area contributed by atoms with Gasteiger partial charge in [-0.05, 0) is 75.1 Å². The van der Waals surface area contributed by atoms with Crippen LogP contribution in [0.4, 0.5) is 10.5 Å². The predicted molar refractivity (Wildman–Crippen MR) is 174 cm³/mol. The predicted octanol–water partition coefficient (Wildman–Crippen LogP) is 7.62. The number of carbonyl (C=O) groups excluding carboxylic acids is 1. The number of hydrogen-bond donors (Lipinski definition) is 1. The van der Waals surface area contributed by atoms with E-state index < -0.39 is 5.60 Å². The van der Waals surface area contributed by atoms with Gasteiger partial charge in [0, 0.05) is 43.4 Å². The van der Waals surface area contributed by atoms with Gasteiger partial charge in [-0.1, -0.05) is 60.7 Å². The van der Waals surface area contributed by atoms with E-state index in [0.717, 1.165) is 51.8 Å². The molecule has 226 valence electrons. The molecule has 0 bridgehead atoms. The van der Waals surface area contributed by atoms with Crippen LogP contribution >= 0.6 is 0 Å². The van der Waals surface area contributed by atoms with Gasteiger partial charge < -0.3 is 19.7 Å². The average Bonchev–Trinajstić information content (AvgIpc) is 3.35. The zero-order valence-electron chi connectivity index (χ0n) is 25.7. The molecule has 44 heavy (non-hydrogen) atoms. The SMILES string of the molecule is Cn1nc(-c2cccnc2OC(c2ccccc2)c2ccccc2)c2ccc(NC3CCN(C(=O)OC(C)(C)C)CC3)cc21. The number of amides is 1. The lowest BCUT2D eigenvalue weighted by molar-refractivity contribution is 0.0210. The third-order valence-corrected chi connectivity index (χ3v) is 7.83. The lowest BCUT2D eigenvalue weighted by Gasteiger charge is -2.34. The number of fused-ring (bicyclic) bond motifs is 1. The van der Waals surface area contributed by atoms with Crippen LogP contribution in [-0.2, 0) is 11.8 Å². The highest BCUT2D eigenvalue weighted by atomic mass is 16.6. The quantitative estimate of drug-likeness (QED) is 0.210. The van der Waals surface area contributed by atoms with Crippen molar-refractivity contribution in [3.63, 3.8) is 0 Å². The Morgan fingerprint density at radius 2 is 1.57 bits per heavy atom. The first-order valence-electron chi connectivity index (χ1n) is 15.2. The molecule has 8 heteroatoms. The molecule has 6 rings (SSSR count). The molecule has 1 amide bonds. The van der Waals surface area contributed by atoms with Crippen molar-refractivity contribution in [2.24, 2.45) is 7.05 Å². The number of aryl methyl sites for hydroxylation is 1. The minimum Gasteiger partial charge on any atom is -0.464 e. The lowest BCUT2D eigenvalue weighted by atomic mass is 10.0. The van der Waals surface area contributed by atoms with Gasteiger partial charge in [0.1, 0.15) is 11.3 Å². The molecule has 8 nitrogen and oxygen atoms in total. The number of carbonyl (C=O) groups is 1. The number of piperidine rings is 1. The standard InChI is InChI=1S/C36H39N5O3/c1-36(2,3)44-35(42)41-22-19-27(20-23-41)38-28-17-18-29-31(24-28)40(4)39-32(29)30-16-11-21-37-34(30)43-33(25-12-7-5-8-13-25)26-14-9-6-10-15-26/h5-18,21,24,27,33,38H,19-20,22-23H2,1-4H3. The van der Waals surface area contributed by atoms with Gasteiger partial charge in [0.05, 0.1) is 11.1 Å². The fraction of sp³-hybridized carbons (Fsp3) is 0.306. The molecule has 1 saturated heterocycles. The number of nitrogens with zero attached hydrogens (tertiary/aromatic N) is 4. The summed E-state index contributed by atoms with van der Waals surface area (Å²) in [6.45, 7) is 7.03. The summed E-state index contributed by atoms with van der Waals surface area (Å²) in [4.78, 5) is 18.9.